The Bertz CT molecular complexity index is 460. The molecule has 1 saturated carbocycles. The maximum Gasteiger partial charge on any atom is 0.193 e. The number of halogens is 1. The van der Waals surface area contributed by atoms with Gasteiger partial charge < -0.3 is 10.2 Å². The first-order chi connectivity index (χ1) is 9.28. The van der Waals surface area contributed by atoms with E-state index in [1.165, 1.54) is 18.4 Å². The molecule has 0 aromatic heterocycles. The summed E-state index contributed by atoms with van der Waals surface area (Å²) < 4.78 is 0. The largest absolute Gasteiger partial charge is 0.353 e. The van der Waals surface area contributed by atoms with Gasteiger partial charge >= 0.3 is 0 Å². The highest BCUT2D eigenvalue weighted by Gasteiger charge is 2.35. The topological polar surface area (TPSA) is 27.6 Å². The Balaban J connectivity index is 0.00000147. The molecule has 3 rings (SSSR count). The van der Waals surface area contributed by atoms with Crippen LogP contribution < -0.4 is 5.32 Å². The van der Waals surface area contributed by atoms with Crippen molar-refractivity contribution < 1.29 is 0 Å². The summed E-state index contributed by atoms with van der Waals surface area (Å²) in [6.45, 7) is 4.49. The van der Waals surface area contributed by atoms with Crippen molar-refractivity contribution in [3.8, 4) is 0 Å². The molecule has 4 heteroatoms. The van der Waals surface area contributed by atoms with Crippen LogP contribution in [0.1, 0.15) is 31.2 Å². The second-order valence-electron chi connectivity index (χ2n) is 5.85. The van der Waals surface area contributed by atoms with Gasteiger partial charge in [0.25, 0.3) is 0 Å². The summed E-state index contributed by atoms with van der Waals surface area (Å²) in [5.41, 5.74) is 1.46. The van der Waals surface area contributed by atoms with E-state index in [1.807, 2.05) is 7.05 Å². The number of benzene rings is 1. The summed E-state index contributed by atoms with van der Waals surface area (Å²) in [6.07, 6.45) is 2.51. The zero-order valence-corrected chi connectivity index (χ0v) is 14.6. The Morgan fingerprint density at radius 2 is 2.00 bits per heavy atom. The van der Waals surface area contributed by atoms with Crippen molar-refractivity contribution in [1.29, 1.82) is 0 Å². The van der Waals surface area contributed by atoms with Crippen LogP contribution in [-0.2, 0) is 0 Å². The SMILES string of the molecule is CN=C(NC1CC1C)N1CCC(c2ccccc2)C1.I. The summed E-state index contributed by atoms with van der Waals surface area (Å²) >= 11 is 0. The van der Waals surface area contributed by atoms with Crippen molar-refractivity contribution in [2.75, 3.05) is 20.1 Å². The number of aliphatic imine (C=N–C) groups is 1. The number of hydrogen-bond donors (Lipinski definition) is 1. The van der Waals surface area contributed by atoms with E-state index in [-0.39, 0.29) is 24.0 Å². The van der Waals surface area contributed by atoms with Gasteiger partial charge in [0.2, 0.25) is 0 Å². The Labute approximate surface area is 138 Å². The molecule has 3 unspecified atom stereocenters. The van der Waals surface area contributed by atoms with Crippen LogP contribution in [0.3, 0.4) is 0 Å². The Hall–Kier alpha value is -0.780. The van der Waals surface area contributed by atoms with Gasteiger partial charge in [-0.1, -0.05) is 37.3 Å². The maximum atomic E-state index is 4.44. The molecule has 0 bridgehead atoms. The molecule has 0 amide bonds. The molecule has 3 atom stereocenters. The lowest BCUT2D eigenvalue weighted by atomic mass is 9.99. The molecule has 1 aliphatic carbocycles. The fourth-order valence-corrected chi connectivity index (χ4v) is 2.94. The zero-order valence-electron chi connectivity index (χ0n) is 12.2. The summed E-state index contributed by atoms with van der Waals surface area (Å²) in [4.78, 5) is 6.85. The van der Waals surface area contributed by atoms with Crippen LogP contribution in [0.2, 0.25) is 0 Å². The number of likely N-dealkylation sites (tertiary alicyclic amines) is 1. The first-order valence-electron chi connectivity index (χ1n) is 7.31. The third-order valence-electron chi connectivity index (χ3n) is 4.39. The van der Waals surface area contributed by atoms with Crippen LogP contribution in [-0.4, -0.2) is 37.0 Å². The lowest BCUT2D eigenvalue weighted by Crippen LogP contribution is -2.41. The quantitative estimate of drug-likeness (QED) is 0.482. The van der Waals surface area contributed by atoms with Gasteiger partial charge in [0, 0.05) is 32.1 Å². The van der Waals surface area contributed by atoms with E-state index in [1.54, 1.807) is 0 Å². The molecule has 1 aromatic carbocycles. The smallest absolute Gasteiger partial charge is 0.193 e. The summed E-state index contributed by atoms with van der Waals surface area (Å²) in [7, 11) is 1.89. The number of hydrogen-bond acceptors (Lipinski definition) is 1. The molecule has 0 spiro atoms. The molecule has 1 aliphatic heterocycles. The molecule has 110 valence electrons. The first-order valence-corrected chi connectivity index (χ1v) is 7.31. The molecule has 2 fully saturated rings. The van der Waals surface area contributed by atoms with Crippen molar-refractivity contribution >= 4 is 29.9 Å². The standard InChI is InChI=1S/C16H23N3.HI/c1-12-10-15(12)18-16(17-2)19-9-8-14(11-19)13-6-4-3-5-7-13;/h3-7,12,14-15H,8-11H2,1-2H3,(H,17,18);1H. The first kappa shape index (κ1) is 15.6. The summed E-state index contributed by atoms with van der Waals surface area (Å²) in [5, 5.41) is 3.58. The van der Waals surface area contributed by atoms with Crippen LogP contribution in [0.15, 0.2) is 35.3 Å². The van der Waals surface area contributed by atoms with E-state index in [0.717, 1.165) is 25.0 Å². The molecule has 20 heavy (non-hydrogen) atoms. The molecule has 1 aromatic rings. The van der Waals surface area contributed by atoms with E-state index >= 15 is 0 Å². The van der Waals surface area contributed by atoms with Gasteiger partial charge in [0.1, 0.15) is 0 Å². The number of guanidine groups is 1. The van der Waals surface area contributed by atoms with Crippen molar-refractivity contribution in [3.05, 3.63) is 35.9 Å². The molecule has 0 radical (unpaired) electrons. The minimum Gasteiger partial charge on any atom is -0.353 e. The van der Waals surface area contributed by atoms with Gasteiger partial charge in [-0.2, -0.15) is 0 Å². The zero-order chi connectivity index (χ0) is 13.2. The van der Waals surface area contributed by atoms with Gasteiger partial charge in [0.15, 0.2) is 5.96 Å². The number of rotatable bonds is 2. The molecular formula is C16H24IN3. The van der Waals surface area contributed by atoms with Gasteiger partial charge in [-0.05, 0) is 24.3 Å². The van der Waals surface area contributed by atoms with Crippen LogP contribution in [0.5, 0.6) is 0 Å². The molecule has 1 saturated heterocycles. The highest BCUT2D eigenvalue weighted by Crippen LogP contribution is 2.31. The van der Waals surface area contributed by atoms with Crippen molar-refractivity contribution in [2.45, 2.75) is 31.7 Å². The molecule has 1 heterocycles. The molecule has 1 N–H and O–H groups in total. The highest BCUT2D eigenvalue weighted by atomic mass is 127. The van der Waals surface area contributed by atoms with Crippen molar-refractivity contribution in [2.24, 2.45) is 10.9 Å². The highest BCUT2D eigenvalue weighted by molar-refractivity contribution is 14.0. The van der Waals surface area contributed by atoms with Crippen molar-refractivity contribution in [1.82, 2.24) is 10.2 Å². The van der Waals surface area contributed by atoms with E-state index in [4.69, 9.17) is 0 Å². The van der Waals surface area contributed by atoms with E-state index < -0.39 is 0 Å². The van der Waals surface area contributed by atoms with E-state index in [2.05, 4.69) is 52.5 Å². The third kappa shape index (κ3) is 3.45. The molecular weight excluding hydrogens is 361 g/mol. The predicted molar refractivity (Wildman–Crippen MR) is 94.9 cm³/mol. The van der Waals surface area contributed by atoms with Gasteiger partial charge in [-0.25, -0.2) is 0 Å². The second kappa shape index (κ2) is 6.78. The lowest BCUT2D eigenvalue weighted by molar-refractivity contribution is 0.483. The fraction of sp³-hybridized carbons (Fsp3) is 0.562. The summed E-state index contributed by atoms with van der Waals surface area (Å²) in [6, 6.07) is 11.5. The molecule has 2 aliphatic rings. The average Bonchev–Trinajstić information content (AvgIpc) is 2.94. The monoisotopic (exact) mass is 385 g/mol. The Morgan fingerprint density at radius 1 is 1.30 bits per heavy atom. The third-order valence-corrected chi connectivity index (χ3v) is 4.39. The normalized spacial score (nSPS) is 29.0. The minimum absolute atomic E-state index is 0. The Kier molecular flexibility index (Phi) is 5.29. The molecule has 3 nitrogen and oxygen atoms in total. The van der Waals surface area contributed by atoms with Gasteiger partial charge in [-0.15, -0.1) is 24.0 Å². The maximum absolute atomic E-state index is 4.44. The van der Waals surface area contributed by atoms with Crippen LogP contribution in [0.25, 0.3) is 0 Å². The van der Waals surface area contributed by atoms with E-state index in [0.29, 0.717) is 12.0 Å². The predicted octanol–water partition coefficient (Wildman–Crippen LogP) is 3.08. The second-order valence-corrected chi connectivity index (χ2v) is 5.85. The van der Waals surface area contributed by atoms with Crippen molar-refractivity contribution in [3.63, 3.8) is 0 Å². The Morgan fingerprint density at radius 3 is 2.60 bits per heavy atom. The lowest BCUT2D eigenvalue weighted by Gasteiger charge is -2.22. The number of nitrogens with zero attached hydrogens (tertiary/aromatic N) is 2. The summed E-state index contributed by atoms with van der Waals surface area (Å²) in [5.74, 6) is 2.55. The average molecular weight is 385 g/mol. The fourth-order valence-electron chi connectivity index (χ4n) is 2.94. The van der Waals surface area contributed by atoms with Gasteiger partial charge in [0.05, 0.1) is 0 Å². The van der Waals surface area contributed by atoms with Crippen LogP contribution in [0, 0.1) is 5.92 Å². The minimum atomic E-state index is 0. The number of nitrogens with one attached hydrogen (secondary N) is 1. The van der Waals surface area contributed by atoms with Gasteiger partial charge in [-0.3, -0.25) is 4.99 Å². The van der Waals surface area contributed by atoms with E-state index in [9.17, 15) is 0 Å². The van der Waals surface area contributed by atoms with Crippen LogP contribution in [0.4, 0.5) is 0 Å². The van der Waals surface area contributed by atoms with Crippen LogP contribution >= 0.6 is 24.0 Å².